The van der Waals surface area contributed by atoms with Crippen LogP contribution in [0.25, 0.3) is 0 Å². The van der Waals surface area contributed by atoms with Crippen molar-refractivity contribution >= 4 is 0 Å². The first kappa shape index (κ1) is 11.2. The number of hydrogen-bond acceptors (Lipinski definition) is 0. The van der Waals surface area contributed by atoms with E-state index in [1.54, 1.807) is 0 Å². The maximum absolute atomic E-state index is 2.46. The standard InChI is InChI=1S/C15H26/c1-5-12-10-14-13(9-11(12)2)7-6-8-15(14,3)4/h11-12H,5-10H2,1-4H3. The number of allylic oxidation sites excluding steroid dienone is 2. The zero-order valence-electron chi connectivity index (χ0n) is 10.9. The van der Waals surface area contributed by atoms with Gasteiger partial charge in [0.25, 0.3) is 0 Å². The third kappa shape index (κ3) is 2.00. The van der Waals surface area contributed by atoms with E-state index in [0.717, 1.165) is 11.8 Å². The Labute approximate surface area is 95.1 Å². The van der Waals surface area contributed by atoms with E-state index in [0.29, 0.717) is 5.41 Å². The molecule has 0 N–H and O–H groups in total. The second kappa shape index (κ2) is 3.96. The predicted molar refractivity (Wildman–Crippen MR) is 66.8 cm³/mol. The highest BCUT2D eigenvalue weighted by molar-refractivity contribution is 5.27. The van der Waals surface area contributed by atoms with Crippen LogP contribution >= 0.6 is 0 Å². The average Bonchev–Trinajstić information content (AvgIpc) is 2.16. The van der Waals surface area contributed by atoms with Gasteiger partial charge >= 0.3 is 0 Å². The van der Waals surface area contributed by atoms with Gasteiger partial charge in [0.15, 0.2) is 0 Å². The Bertz CT molecular complexity index is 270. The Morgan fingerprint density at radius 1 is 1.27 bits per heavy atom. The van der Waals surface area contributed by atoms with Crippen LogP contribution in [0.4, 0.5) is 0 Å². The van der Waals surface area contributed by atoms with Crippen LogP contribution < -0.4 is 0 Å². The third-order valence-electron chi connectivity index (χ3n) is 4.89. The van der Waals surface area contributed by atoms with Gasteiger partial charge in [-0.05, 0) is 49.4 Å². The fourth-order valence-corrected chi connectivity index (χ4v) is 3.74. The Kier molecular flexibility index (Phi) is 2.96. The van der Waals surface area contributed by atoms with Gasteiger partial charge in [0.05, 0.1) is 0 Å². The summed E-state index contributed by atoms with van der Waals surface area (Å²) >= 11 is 0. The van der Waals surface area contributed by atoms with Crippen molar-refractivity contribution in [2.75, 3.05) is 0 Å². The Morgan fingerprint density at radius 2 is 2.00 bits per heavy atom. The molecule has 2 aliphatic carbocycles. The topological polar surface area (TPSA) is 0 Å². The Hall–Kier alpha value is -0.260. The normalized spacial score (nSPS) is 35.2. The molecule has 2 unspecified atom stereocenters. The fraction of sp³-hybridized carbons (Fsp3) is 0.867. The van der Waals surface area contributed by atoms with Crippen molar-refractivity contribution < 1.29 is 0 Å². The van der Waals surface area contributed by atoms with E-state index in [4.69, 9.17) is 0 Å². The molecule has 0 nitrogen and oxygen atoms in total. The molecule has 0 radical (unpaired) electrons. The van der Waals surface area contributed by atoms with Crippen LogP contribution in [0.15, 0.2) is 11.1 Å². The van der Waals surface area contributed by atoms with Crippen LogP contribution in [0.5, 0.6) is 0 Å². The fourth-order valence-electron chi connectivity index (χ4n) is 3.74. The molecular weight excluding hydrogens is 180 g/mol. The molecule has 15 heavy (non-hydrogen) atoms. The zero-order chi connectivity index (χ0) is 11.1. The van der Waals surface area contributed by atoms with Crippen LogP contribution in [-0.2, 0) is 0 Å². The Morgan fingerprint density at radius 3 is 2.67 bits per heavy atom. The first-order chi connectivity index (χ1) is 7.04. The molecule has 0 heterocycles. The van der Waals surface area contributed by atoms with Gasteiger partial charge in [-0.25, -0.2) is 0 Å². The average molecular weight is 206 g/mol. The van der Waals surface area contributed by atoms with E-state index in [2.05, 4.69) is 27.7 Å². The molecule has 0 fully saturated rings. The van der Waals surface area contributed by atoms with Gasteiger partial charge in [-0.3, -0.25) is 0 Å². The van der Waals surface area contributed by atoms with Crippen LogP contribution in [-0.4, -0.2) is 0 Å². The SMILES string of the molecule is CCC1CC2=C(CCCC2(C)C)CC1C. The minimum absolute atomic E-state index is 0.515. The summed E-state index contributed by atoms with van der Waals surface area (Å²) in [5.41, 5.74) is 4.20. The first-order valence-corrected chi connectivity index (χ1v) is 6.76. The van der Waals surface area contributed by atoms with E-state index in [1.165, 1.54) is 38.5 Å². The molecule has 0 aromatic rings. The zero-order valence-corrected chi connectivity index (χ0v) is 10.9. The van der Waals surface area contributed by atoms with Crippen molar-refractivity contribution in [3.63, 3.8) is 0 Å². The molecule has 0 saturated carbocycles. The maximum Gasteiger partial charge on any atom is -0.0142 e. The second-order valence-electron chi connectivity index (χ2n) is 6.37. The molecule has 86 valence electrons. The summed E-state index contributed by atoms with van der Waals surface area (Å²) in [5, 5.41) is 0. The van der Waals surface area contributed by atoms with Gasteiger partial charge in [-0.15, -0.1) is 0 Å². The smallest absolute Gasteiger partial charge is 0.0142 e. The molecule has 0 aromatic heterocycles. The molecule has 0 aromatic carbocycles. The lowest BCUT2D eigenvalue weighted by molar-refractivity contribution is 0.252. The van der Waals surface area contributed by atoms with Gasteiger partial charge in [-0.1, -0.05) is 45.3 Å². The van der Waals surface area contributed by atoms with E-state index < -0.39 is 0 Å². The predicted octanol–water partition coefficient (Wildman–Crippen LogP) is 4.95. The van der Waals surface area contributed by atoms with Gasteiger partial charge in [0, 0.05) is 0 Å². The number of rotatable bonds is 1. The molecule has 0 aliphatic heterocycles. The highest BCUT2D eigenvalue weighted by Crippen LogP contribution is 2.49. The van der Waals surface area contributed by atoms with Crippen molar-refractivity contribution in [1.82, 2.24) is 0 Å². The van der Waals surface area contributed by atoms with Crippen molar-refractivity contribution in [1.29, 1.82) is 0 Å². The maximum atomic E-state index is 2.46. The molecule has 0 amide bonds. The van der Waals surface area contributed by atoms with Crippen LogP contribution in [0.2, 0.25) is 0 Å². The lowest BCUT2D eigenvalue weighted by atomic mass is 9.63. The van der Waals surface area contributed by atoms with E-state index in [1.807, 2.05) is 11.1 Å². The molecule has 2 rings (SSSR count). The molecule has 0 bridgehead atoms. The quantitative estimate of drug-likeness (QED) is 0.532. The molecule has 2 atom stereocenters. The van der Waals surface area contributed by atoms with Gasteiger partial charge in [-0.2, -0.15) is 0 Å². The summed E-state index contributed by atoms with van der Waals surface area (Å²) in [6.07, 6.45) is 8.41. The summed E-state index contributed by atoms with van der Waals surface area (Å²) in [6, 6.07) is 0. The first-order valence-electron chi connectivity index (χ1n) is 6.76. The summed E-state index contributed by atoms with van der Waals surface area (Å²) < 4.78 is 0. The lowest BCUT2D eigenvalue weighted by Gasteiger charge is -2.42. The molecule has 0 spiro atoms. The molecule has 0 saturated heterocycles. The summed E-state index contributed by atoms with van der Waals surface area (Å²) in [7, 11) is 0. The monoisotopic (exact) mass is 206 g/mol. The van der Waals surface area contributed by atoms with Gasteiger partial charge in [0.1, 0.15) is 0 Å². The van der Waals surface area contributed by atoms with Crippen LogP contribution in [0.1, 0.15) is 66.2 Å². The third-order valence-corrected chi connectivity index (χ3v) is 4.89. The van der Waals surface area contributed by atoms with E-state index >= 15 is 0 Å². The Balaban J connectivity index is 2.27. The highest BCUT2D eigenvalue weighted by atomic mass is 14.4. The van der Waals surface area contributed by atoms with Gasteiger partial charge < -0.3 is 0 Å². The second-order valence-corrected chi connectivity index (χ2v) is 6.37. The van der Waals surface area contributed by atoms with Crippen molar-refractivity contribution in [2.45, 2.75) is 66.2 Å². The molecule has 0 heteroatoms. The van der Waals surface area contributed by atoms with Gasteiger partial charge in [0.2, 0.25) is 0 Å². The van der Waals surface area contributed by atoms with Crippen molar-refractivity contribution in [2.24, 2.45) is 17.3 Å². The summed E-state index contributed by atoms with van der Waals surface area (Å²) in [4.78, 5) is 0. The molecular formula is C15H26. The molecule has 2 aliphatic rings. The minimum Gasteiger partial charge on any atom is -0.0702 e. The van der Waals surface area contributed by atoms with Crippen molar-refractivity contribution in [3.05, 3.63) is 11.1 Å². The minimum atomic E-state index is 0.515. The lowest BCUT2D eigenvalue weighted by Crippen LogP contribution is -2.29. The largest absolute Gasteiger partial charge is 0.0702 e. The number of hydrogen-bond donors (Lipinski definition) is 0. The van der Waals surface area contributed by atoms with E-state index in [-0.39, 0.29) is 0 Å². The summed E-state index contributed by atoms with van der Waals surface area (Å²) in [5.74, 6) is 1.89. The van der Waals surface area contributed by atoms with Crippen LogP contribution in [0.3, 0.4) is 0 Å². The van der Waals surface area contributed by atoms with Crippen molar-refractivity contribution in [3.8, 4) is 0 Å². The highest BCUT2D eigenvalue weighted by Gasteiger charge is 2.35. The summed E-state index contributed by atoms with van der Waals surface area (Å²) in [6.45, 7) is 9.75. The van der Waals surface area contributed by atoms with Crippen LogP contribution in [0, 0.1) is 17.3 Å². The van der Waals surface area contributed by atoms with E-state index in [9.17, 15) is 0 Å².